The minimum atomic E-state index is -0.509. The lowest BCUT2D eigenvalue weighted by atomic mass is 10.1. The number of amides is 1. The SMILES string of the molecule is COC(=O)c1ccc2c(c1)nc(OCCOCCCCNC(=O)OC(C)(C)C)c1nc(SC)ncc12. The number of hydrogen-bond donors (Lipinski definition) is 1. The van der Waals surface area contributed by atoms with Crippen molar-refractivity contribution < 1.29 is 28.5 Å². The molecule has 1 aromatic carbocycles. The number of rotatable bonds is 11. The molecule has 2 heterocycles. The van der Waals surface area contributed by atoms with Crippen LogP contribution in [0.15, 0.2) is 29.6 Å². The lowest BCUT2D eigenvalue weighted by Gasteiger charge is -2.19. The first-order chi connectivity index (χ1) is 17.2. The van der Waals surface area contributed by atoms with Crippen molar-refractivity contribution in [1.82, 2.24) is 20.3 Å². The van der Waals surface area contributed by atoms with Crippen LogP contribution >= 0.6 is 11.8 Å². The highest BCUT2D eigenvalue weighted by Crippen LogP contribution is 2.30. The molecule has 0 saturated carbocycles. The Bertz CT molecular complexity index is 1210. The molecule has 0 fully saturated rings. The van der Waals surface area contributed by atoms with Crippen LogP contribution in [0.25, 0.3) is 21.8 Å². The third-order valence-electron chi connectivity index (χ3n) is 4.93. The first kappa shape index (κ1) is 27.4. The molecule has 0 atom stereocenters. The summed E-state index contributed by atoms with van der Waals surface area (Å²) in [7, 11) is 1.34. The number of nitrogens with one attached hydrogen (secondary N) is 1. The van der Waals surface area contributed by atoms with Gasteiger partial charge in [-0.25, -0.2) is 24.5 Å². The fraction of sp³-hybridized carbons (Fsp3) is 0.480. The Morgan fingerprint density at radius 1 is 1.06 bits per heavy atom. The number of carbonyl (C=O) groups is 2. The number of ether oxygens (including phenoxy) is 4. The maximum absolute atomic E-state index is 12.0. The van der Waals surface area contributed by atoms with Gasteiger partial charge in [-0.15, -0.1) is 0 Å². The molecule has 0 radical (unpaired) electrons. The summed E-state index contributed by atoms with van der Waals surface area (Å²) in [6.07, 6.45) is 4.78. The van der Waals surface area contributed by atoms with Crippen molar-refractivity contribution >= 4 is 45.6 Å². The largest absolute Gasteiger partial charge is 0.474 e. The number of alkyl carbamates (subject to hydrolysis) is 1. The Morgan fingerprint density at radius 3 is 2.58 bits per heavy atom. The minimum Gasteiger partial charge on any atom is -0.474 e. The van der Waals surface area contributed by atoms with Crippen LogP contribution in [0, 0.1) is 0 Å². The standard InChI is InChI=1S/C25H32N4O6S/c1-25(2,3)35-24(31)26-10-6-7-11-33-12-13-34-21-20-18(15-27-23(29-20)36-5)17-9-8-16(22(30)32-4)14-19(17)28-21/h8-9,14-15H,6-7,10-13H2,1-5H3,(H,26,31). The van der Waals surface area contributed by atoms with E-state index < -0.39 is 17.7 Å². The highest BCUT2D eigenvalue weighted by Gasteiger charge is 2.16. The first-order valence-electron chi connectivity index (χ1n) is 11.6. The number of hydrogen-bond acceptors (Lipinski definition) is 10. The number of methoxy groups -OCH3 is 1. The van der Waals surface area contributed by atoms with Gasteiger partial charge in [-0.1, -0.05) is 17.8 Å². The van der Waals surface area contributed by atoms with E-state index in [1.807, 2.05) is 33.1 Å². The Kier molecular flexibility index (Phi) is 9.65. The van der Waals surface area contributed by atoms with E-state index in [2.05, 4.69) is 20.3 Å². The second kappa shape index (κ2) is 12.7. The molecule has 0 unspecified atom stereocenters. The maximum Gasteiger partial charge on any atom is 0.407 e. The van der Waals surface area contributed by atoms with E-state index in [-0.39, 0.29) is 6.61 Å². The number of fused-ring (bicyclic) bond motifs is 3. The number of unbranched alkanes of at least 4 members (excludes halogenated alkanes) is 1. The van der Waals surface area contributed by atoms with Crippen LogP contribution in [0.4, 0.5) is 4.79 Å². The summed E-state index contributed by atoms with van der Waals surface area (Å²) in [5, 5.41) is 4.93. The lowest BCUT2D eigenvalue weighted by molar-refractivity contribution is 0.0522. The fourth-order valence-electron chi connectivity index (χ4n) is 3.32. The monoisotopic (exact) mass is 516 g/mol. The van der Waals surface area contributed by atoms with Gasteiger partial charge in [0, 0.05) is 30.1 Å². The van der Waals surface area contributed by atoms with Crippen LogP contribution < -0.4 is 10.1 Å². The Hall–Kier alpha value is -3.18. The molecule has 0 aliphatic rings. The van der Waals surface area contributed by atoms with Gasteiger partial charge in [0.25, 0.3) is 0 Å². The molecule has 36 heavy (non-hydrogen) atoms. The predicted molar refractivity (Wildman–Crippen MR) is 138 cm³/mol. The van der Waals surface area contributed by atoms with Crippen molar-refractivity contribution in [3.8, 4) is 5.88 Å². The molecule has 0 saturated heterocycles. The van der Waals surface area contributed by atoms with E-state index in [9.17, 15) is 9.59 Å². The molecule has 0 aliphatic heterocycles. The van der Waals surface area contributed by atoms with E-state index in [0.717, 1.165) is 23.6 Å². The highest BCUT2D eigenvalue weighted by molar-refractivity contribution is 7.98. The molecule has 2 aromatic heterocycles. The average Bonchev–Trinajstić information content (AvgIpc) is 2.85. The van der Waals surface area contributed by atoms with Crippen molar-refractivity contribution in [2.75, 3.05) is 39.7 Å². The number of carbonyl (C=O) groups excluding carboxylic acids is 2. The molecule has 10 nitrogen and oxygen atoms in total. The summed E-state index contributed by atoms with van der Waals surface area (Å²) in [5.74, 6) is -0.0904. The molecular weight excluding hydrogens is 484 g/mol. The second-order valence-electron chi connectivity index (χ2n) is 8.86. The van der Waals surface area contributed by atoms with Crippen LogP contribution in [0.2, 0.25) is 0 Å². The zero-order chi connectivity index (χ0) is 26.1. The summed E-state index contributed by atoms with van der Waals surface area (Å²) >= 11 is 1.43. The Balaban J connectivity index is 1.56. The van der Waals surface area contributed by atoms with Crippen molar-refractivity contribution in [3.63, 3.8) is 0 Å². The minimum absolute atomic E-state index is 0.277. The molecule has 0 bridgehead atoms. The van der Waals surface area contributed by atoms with Gasteiger partial charge in [0.2, 0.25) is 5.88 Å². The summed E-state index contributed by atoms with van der Waals surface area (Å²) in [4.78, 5) is 37.2. The first-order valence-corrected chi connectivity index (χ1v) is 12.8. The number of esters is 1. The lowest BCUT2D eigenvalue weighted by Crippen LogP contribution is -2.33. The van der Waals surface area contributed by atoms with Crippen LogP contribution in [0.1, 0.15) is 44.0 Å². The van der Waals surface area contributed by atoms with Crippen molar-refractivity contribution in [1.29, 1.82) is 0 Å². The van der Waals surface area contributed by atoms with E-state index in [1.54, 1.807) is 18.3 Å². The number of benzene rings is 1. The van der Waals surface area contributed by atoms with Gasteiger partial charge in [-0.3, -0.25) is 0 Å². The van der Waals surface area contributed by atoms with Crippen LogP contribution in [-0.4, -0.2) is 72.3 Å². The topological polar surface area (TPSA) is 122 Å². The number of nitrogens with zero attached hydrogens (tertiary/aromatic N) is 3. The van der Waals surface area contributed by atoms with Gasteiger partial charge in [0.1, 0.15) is 17.7 Å². The molecule has 0 aliphatic carbocycles. The second-order valence-corrected chi connectivity index (χ2v) is 9.63. The number of aromatic nitrogens is 3. The molecule has 11 heteroatoms. The molecule has 0 spiro atoms. The van der Waals surface area contributed by atoms with Gasteiger partial charge in [-0.2, -0.15) is 0 Å². The smallest absolute Gasteiger partial charge is 0.407 e. The van der Waals surface area contributed by atoms with Crippen LogP contribution in [-0.2, 0) is 14.2 Å². The molecule has 1 N–H and O–H groups in total. The molecule has 1 amide bonds. The summed E-state index contributed by atoms with van der Waals surface area (Å²) in [6.45, 7) is 7.18. The van der Waals surface area contributed by atoms with E-state index >= 15 is 0 Å². The zero-order valence-electron chi connectivity index (χ0n) is 21.3. The van der Waals surface area contributed by atoms with E-state index in [4.69, 9.17) is 18.9 Å². The summed E-state index contributed by atoms with van der Waals surface area (Å²) < 4.78 is 21.6. The molecule has 3 rings (SSSR count). The third-order valence-corrected chi connectivity index (χ3v) is 5.49. The fourth-order valence-corrected chi connectivity index (χ4v) is 3.66. The van der Waals surface area contributed by atoms with Gasteiger partial charge < -0.3 is 24.3 Å². The summed E-state index contributed by atoms with van der Waals surface area (Å²) in [6, 6.07) is 5.16. The number of pyridine rings is 1. The average molecular weight is 517 g/mol. The van der Waals surface area contributed by atoms with Crippen molar-refractivity contribution in [2.45, 2.75) is 44.4 Å². The van der Waals surface area contributed by atoms with Crippen molar-refractivity contribution in [3.05, 3.63) is 30.0 Å². The Morgan fingerprint density at radius 2 is 1.86 bits per heavy atom. The predicted octanol–water partition coefficient (Wildman–Crippen LogP) is 4.39. The molecular formula is C25H32N4O6S. The van der Waals surface area contributed by atoms with Crippen molar-refractivity contribution in [2.24, 2.45) is 0 Å². The normalized spacial score (nSPS) is 11.5. The van der Waals surface area contributed by atoms with E-state index in [0.29, 0.717) is 47.4 Å². The number of thioether (sulfide) groups is 1. The molecule has 3 aromatic rings. The van der Waals surface area contributed by atoms with Gasteiger partial charge in [0.15, 0.2) is 5.16 Å². The molecule has 194 valence electrons. The van der Waals surface area contributed by atoms with Crippen LogP contribution in [0.3, 0.4) is 0 Å². The van der Waals surface area contributed by atoms with E-state index in [1.165, 1.54) is 18.9 Å². The van der Waals surface area contributed by atoms with Gasteiger partial charge in [0.05, 0.1) is 24.8 Å². The highest BCUT2D eigenvalue weighted by atomic mass is 32.2. The quantitative estimate of drug-likeness (QED) is 0.129. The maximum atomic E-state index is 12.0. The summed E-state index contributed by atoms with van der Waals surface area (Å²) in [5.41, 5.74) is 1.07. The zero-order valence-corrected chi connectivity index (χ0v) is 22.1. The van der Waals surface area contributed by atoms with Crippen LogP contribution in [0.5, 0.6) is 5.88 Å². The van der Waals surface area contributed by atoms with Gasteiger partial charge >= 0.3 is 12.1 Å². The Labute approximate surface area is 214 Å². The third kappa shape index (κ3) is 7.66. The van der Waals surface area contributed by atoms with Gasteiger partial charge in [-0.05, 0) is 52.0 Å².